The first-order valence-electron chi connectivity index (χ1n) is 5.74. The van der Waals surface area contributed by atoms with Crippen molar-refractivity contribution in [2.75, 3.05) is 5.73 Å². The van der Waals surface area contributed by atoms with E-state index in [0.717, 1.165) is 10.0 Å². The van der Waals surface area contributed by atoms with Gasteiger partial charge in [-0.05, 0) is 23.8 Å². The normalized spacial score (nSPS) is 12.1. The fraction of sp³-hybridized carbons (Fsp3) is 0.0769. The molecule has 0 heterocycles. The van der Waals surface area contributed by atoms with Crippen molar-refractivity contribution in [1.82, 2.24) is 0 Å². The number of hydrogen-bond acceptors (Lipinski definition) is 4. The van der Waals surface area contributed by atoms with Crippen LogP contribution < -0.4 is 5.73 Å². The van der Waals surface area contributed by atoms with Gasteiger partial charge in [0.25, 0.3) is 5.69 Å². The molecule has 21 heavy (non-hydrogen) atoms. The molecule has 0 aliphatic carbocycles. The fourth-order valence-corrected chi connectivity index (χ4v) is 4.18. The van der Waals surface area contributed by atoms with Crippen LogP contribution in [-0.2, 0) is 16.6 Å². The molecule has 2 aromatic rings. The Kier molecular flexibility index (Phi) is 5.13. The summed E-state index contributed by atoms with van der Waals surface area (Å²) in [4.78, 5) is 10.8. The predicted octanol–water partition coefficient (Wildman–Crippen LogP) is 4.01. The summed E-state index contributed by atoms with van der Waals surface area (Å²) in [6, 6.07) is 9.55. The summed E-state index contributed by atoms with van der Waals surface area (Å²) in [6.45, 7) is 0. The first-order valence-corrected chi connectivity index (χ1v) is 8.65. The number of halogens is 2. The molecule has 110 valence electrons. The zero-order valence-electron chi connectivity index (χ0n) is 10.6. The number of nitro groups is 1. The van der Waals surface area contributed by atoms with Gasteiger partial charge < -0.3 is 5.73 Å². The minimum atomic E-state index is -1.34. The second-order valence-corrected chi connectivity index (χ2v) is 7.39. The number of benzene rings is 2. The van der Waals surface area contributed by atoms with Crippen LogP contribution in [0.3, 0.4) is 0 Å². The second kappa shape index (κ2) is 6.67. The molecule has 0 aromatic heterocycles. The average Bonchev–Trinajstić information content (AvgIpc) is 2.43. The first kappa shape index (κ1) is 16.1. The third-order valence-corrected chi connectivity index (χ3v) is 5.40. The van der Waals surface area contributed by atoms with Gasteiger partial charge in [-0.1, -0.05) is 37.9 Å². The molecular weight excluding hydrogens is 424 g/mol. The van der Waals surface area contributed by atoms with Crippen LogP contribution in [0.2, 0.25) is 0 Å². The third kappa shape index (κ3) is 3.90. The van der Waals surface area contributed by atoms with Crippen molar-refractivity contribution in [2.45, 2.75) is 10.6 Å². The number of nitrogen functional groups attached to an aromatic ring is 1. The molecule has 0 saturated carbocycles. The van der Waals surface area contributed by atoms with Crippen LogP contribution in [-0.4, -0.2) is 9.13 Å². The minimum Gasteiger partial charge on any atom is -0.398 e. The van der Waals surface area contributed by atoms with Gasteiger partial charge in [-0.25, -0.2) is 0 Å². The monoisotopic (exact) mass is 432 g/mol. The van der Waals surface area contributed by atoms with Gasteiger partial charge in [0.05, 0.1) is 26.4 Å². The van der Waals surface area contributed by atoms with Gasteiger partial charge in [-0.2, -0.15) is 0 Å². The summed E-state index contributed by atoms with van der Waals surface area (Å²) in [5, 5.41) is 10.7. The Bertz CT molecular complexity index is 737. The highest BCUT2D eigenvalue weighted by Gasteiger charge is 2.14. The van der Waals surface area contributed by atoms with Crippen molar-refractivity contribution in [3.63, 3.8) is 0 Å². The Hall–Kier alpha value is -1.25. The van der Waals surface area contributed by atoms with Gasteiger partial charge in [-0.15, -0.1) is 0 Å². The SMILES string of the molecule is Nc1ccc(Br)cc1S(=O)Cc1ccc([N+](=O)[O-])cc1Br. The van der Waals surface area contributed by atoms with E-state index in [-0.39, 0.29) is 11.4 Å². The molecule has 5 nitrogen and oxygen atoms in total. The molecule has 2 aromatic carbocycles. The zero-order valence-corrected chi connectivity index (χ0v) is 14.6. The molecule has 0 amide bonds. The summed E-state index contributed by atoms with van der Waals surface area (Å²) in [7, 11) is -1.34. The van der Waals surface area contributed by atoms with E-state index >= 15 is 0 Å². The highest BCUT2D eigenvalue weighted by atomic mass is 79.9. The van der Waals surface area contributed by atoms with Crippen LogP contribution in [0.15, 0.2) is 50.2 Å². The van der Waals surface area contributed by atoms with Crippen LogP contribution >= 0.6 is 31.9 Å². The Morgan fingerprint density at radius 2 is 1.90 bits per heavy atom. The van der Waals surface area contributed by atoms with Crippen molar-refractivity contribution in [3.8, 4) is 0 Å². The molecule has 0 spiro atoms. The van der Waals surface area contributed by atoms with Crippen LogP contribution in [0.25, 0.3) is 0 Å². The Morgan fingerprint density at radius 1 is 1.19 bits per heavy atom. The van der Waals surface area contributed by atoms with Gasteiger partial charge >= 0.3 is 0 Å². The number of hydrogen-bond donors (Lipinski definition) is 1. The highest BCUT2D eigenvalue weighted by molar-refractivity contribution is 9.10. The van der Waals surface area contributed by atoms with Crippen molar-refractivity contribution >= 4 is 54.0 Å². The fourth-order valence-electron chi connectivity index (χ4n) is 1.69. The molecule has 0 aliphatic rings. The summed E-state index contributed by atoms with van der Waals surface area (Å²) in [5.41, 5.74) is 6.99. The van der Waals surface area contributed by atoms with Gasteiger partial charge in [0, 0.05) is 26.8 Å². The van der Waals surface area contributed by atoms with E-state index in [9.17, 15) is 14.3 Å². The number of rotatable bonds is 4. The molecule has 0 radical (unpaired) electrons. The lowest BCUT2D eigenvalue weighted by Crippen LogP contribution is -2.02. The van der Waals surface area contributed by atoms with E-state index in [1.165, 1.54) is 12.1 Å². The Balaban J connectivity index is 2.27. The van der Waals surface area contributed by atoms with Crippen molar-refractivity contribution in [2.24, 2.45) is 0 Å². The van der Waals surface area contributed by atoms with E-state index in [1.54, 1.807) is 24.3 Å². The smallest absolute Gasteiger partial charge is 0.270 e. The highest BCUT2D eigenvalue weighted by Crippen LogP contribution is 2.28. The van der Waals surface area contributed by atoms with Crippen molar-refractivity contribution in [1.29, 1.82) is 0 Å². The molecule has 2 rings (SSSR count). The molecule has 0 aliphatic heterocycles. The number of nitrogens with zero attached hydrogens (tertiary/aromatic N) is 1. The van der Waals surface area contributed by atoms with Crippen molar-refractivity contribution in [3.05, 3.63) is 61.0 Å². The van der Waals surface area contributed by atoms with E-state index in [4.69, 9.17) is 5.73 Å². The van der Waals surface area contributed by atoms with E-state index in [1.807, 2.05) is 0 Å². The third-order valence-electron chi connectivity index (χ3n) is 2.75. The standard InChI is InChI=1S/C13H10Br2N2O3S/c14-9-2-4-12(16)13(5-9)21(20)7-8-1-3-10(17(18)19)6-11(8)15/h1-6H,7,16H2. The number of nitro benzene ring substituents is 1. The maximum Gasteiger partial charge on any atom is 0.270 e. The molecule has 1 unspecified atom stereocenters. The second-order valence-electron chi connectivity index (χ2n) is 4.20. The summed E-state index contributed by atoms with van der Waals surface area (Å²) in [6.07, 6.45) is 0. The minimum absolute atomic E-state index is 0.0154. The van der Waals surface area contributed by atoms with E-state index < -0.39 is 15.7 Å². The molecule has 0 fully saturated rings. The first-order chi connectivity index (χ1) is 9.88. The molecule has 1 atom stereocenters. The van der Waals surface area contributed by atoms with Crippen LogP contribution in [0, 0.1) is 10.1 Å². The van der Waals surface area contributed by atoms with Gasteiger partial charge in [-0.3, -0.25) is 14.3 Å². The Labute approximate surface area is 140 Å². The van der Waals surface area contributed by atoms with Crippen LogP contribution in [0.5, 0.6) is 0 Å². The largest absolute Gasteiger partial charge is 0.398 e. The maximum absolute atomic E-state index is 12.4. The van der Waals surface area contributed by atoms with E-state index in [2.05, 4.69) is 31.9 Å². The topological polar surface area (TPSA) is 86.2 Å². The quantitative estimate of drug-likeness (QED) is 0.448. The number of anilines is 1. The molecule has 0 saturated heterocycles. The van der Waals surface area contributed by atoms with Crippen molar-refractivity contribution < 1.29 is 9.13 Å². The lowest BCUT2D eigenvalue weighted by atomic mass is 10.2. The van der Waals surface area contributed by atoms with Gasteiger partial charge in [0.2, 0.25) is 0 Å². The predicted molar refractivity (Wildman–Crippen MR) is 89.5 cm³/mol. The molecular formula is C13H10Br2N2O3S. The van der Waals surface area contributed by atoms with Crippen LogP contribution in [0.1, 0.15) is 5.56 Å². The van der Waals surface area contributed by atoms with Crippen LogP contribution in [0.4, 0.5) is 11.4 Å². The summed E-state index contributed by atoms with van der Waals surface area (Å²) >= 11 is 6.59. The zero-order chi connectivity index (χ0) is 15.6. The number of non-ortho nitro benzene ring substituents is 1. The number of nitrogens with two attached hydrogens (primary N) is 1. The van der Waals surface area contributed by atoms with E-state index in [0.29, 0.717) is 15.1 Å². The lowest BCUT2D eigenvalue weighted by Gasteiger charge is -2.08. The average molecular weight is 434 g/mol. The molecule has 2 N–H and O–H groups in total. The Morgan fingerprint density at radius 3 is 2.52 bits per heavy atom. The van der Waals surface area contributed by atoms with Gasteiger partial charge in [0.1, 0.15) is 0 Å². The molecule has 0 bridgehead atoms. The maximum atomic E-state index is 12.4. The summed E-state index contributed by atoms with van der Waals surface area (Å²) in [5.74, 6) is 0.221. The lowest BCUT2D eigenvalue weighted by molar-refractivity contribution is -0.384. The summed E-state index contributed by atoms with van der Waals surface area (Å²) < 4.78 is 13.8. The molecule has 8 heteroatoms. The van der Waals surface area contributed by atoms with Gasteiger partial charge in [0.15, 0.2) is 0 Å².